The zero-order valence-electron chi connectivity index (χ0n) is 11.0. The predicted octanol–water partition coefficient (Wildman–Crippen LogP) is 3.22. The summed E-state index contributed by atoms with van der Waals surface area (Å²) in [7, 11) is 1.35. The fourth-order valence-corrected chi connectivity index (χ4v) is 3.07. The second-order valence-corrected chi connectivity index (χ2v) is 5.63. The van der Waals surface area contributed by atoms with Crippen LogP contribution < -0.4 is 0 Å². The Labute approximate surface area is 123 Å². The average Bonchev–Trinajstić information content (AvgIpc) is 2.57. The molecule has 20 heavy (non-hydrogen) atoms. The van der Waals surface area contributed by atoms with E-state index in [2.05, 4.69) is 21.0 Å². The molecular formula is C12H15BrF3N3O. The minimum atomic E-state index is -4.58. The van der Waals surface area contributed by atoms with E-state index >= 15 is 0 Å². The Kier molecular flexibility index (Phi) is 4.41. The second-order valence-electron chi connectivity index (χ2n) is 4.84. The van der Waals surface area contributed by atoms with Crippen LogP contribution in [-0.2, 0) is 13.2 Å². The lowest BCUT2D eigenvalue weighted by molar-refractivity contribution is -0.142. The third kappa shape index (κ3) is 2.99. The molecule has 2 rings (SSSR count). The molecule has 1 saturated heterocycles. The van der Waals surface area contributed by atoms with E-state index in [1.165, 1.54) is 7.05 Å². The van der Waals surface area contributed by atoms with Gasteiger partial charge >= 0.3 is 6.18 Å². The number of hydrogen-bond acceptors (Lipinski definition) is 2. The molecule has 1 aromatic heterocycles. The molecule has 0 radical (unpaired) electrons. The number of likely N-dealkylation sites (tertiary alicyclic amines) is 1. The number of aromatic nitrogens is 2. The van der Waals surface area contributed by atoms with Crippen LogP contribution in [0.25, 0.3) is 0 Å². The predicted molar refractivity (Wildman–Crippen MR) is 70.3 cm³/mol. The zero-order valence-corrected chi connectivity index (χ0v) is 12.6. The topological polar surface area (TPSA) is 38.1 Å². The standard InChI is InChI=1S/C12H15BrF3N3O/c1-18-9(8(13)10(17-18)12(14,15)16)11(20)19-6-4-2-3-5-7-19/h2-7H2,1H3. The second kappa shape index (κ2) is 5.75. The summed E-state index contributed by atoms with van der Waals surface area (Å²) in [5.41, 5.74) is -1.10. The number of nitrogens with zero attached hydrogens (tertiary/aromatic N) is 3. The van der Waals surface area contributed by atoms with E-state index in [4.69, 9.17) is 0 Å². The Morgan fingerprint density at radius 2 is 1.75 bits per heavy atom. The van der Waals surface area contributed by atoms with E-state index in [1.807, 2.05) is 0 Å². The molecule has 0 bridgehead atoms. The van der Waals surface area contributed by atoms with Crippen LogP contribution in [0.5, 0.6) is 0 Å². The highest BCUT2D eigenvalue weighted by Gasteiger charge is 2.40. The van der Waals surface area contributed by atoms with Crippen LogP contribution in [0, 0.1) is 0 Å². The van der Waals surface area contributed by atoms with Gasteiger partial charge in [0.05, 0.1) is 4.47 Å². The number of aryl methyl sites for hydroxylation is 1. The molecule has 0 aliphatic carbocycles. The normalized spacial score (nSPS) is 17.1. The van der Waals surface area contributed by atoms with Crippen molar-refractivity contribution in [2.24, 2.45) is 7.05 Å². The van der Waals surface area contributed by atoms with Crippen LogP contribution in [0.3, 0.4) is 0 Å². The monoisotopic (exact) mass is 353 g/mol. The van der Waals surface area contributed by atoms with Crippen molar-refractivity contribution in [1.29, 1.82) is 0 Å². The number of halogens is 4. The molecule has 2 heterocycles. The van der Waals surface area contributed by atoms with E-state index in [0.717, 1.165) is 30.4 Å². The van der Waals surface area contributed by atoms with Gasteiger partial charge in [0.15, 0.2) is 5.69 Å². The summed E-state index contributed by atoms with van der Waals surface area (Å²) in [5.74, 6) is -0.399. The molecule has 8 heteroatoms. The Bertz CT molecular complexity index is 505. The first kappa shape index (κ1) is 15.3. The summed E-state index contributed by atoms with van der Waals surface area (Å²) in [5, 5.41) is 3.42. The molecule has 0 unspecified atom stereocenters. The summed E-state index contributed by atoms with van der Waals surface area (Å²) >= 11 is 2.87. The van der Waals surface area contributed by atoms with Gasteiger partial charge in [0.1, 0.15) is 5.69 Å². The molecule has 1 aliphatic rings. The molecule has 1 fully saturated rings. The van der Waals surface area contributed by atoms with Crippen LogP contribution in [-0.4, -0.2) is 33.7 Å². The van der Waals surface area contributed by atoms with Gasteiger partial charge in [-0.25, -0.2) is 0 Å². The molecule has 0 N–H and O–H groups in total. The Hall–Kier alpha value is -1.05. The lowest BCUT2D eigenvalue weighted by Crippen LogP contribution is -2.33. The van der Waals surface area contributed by atoms with Crippen LogP contribution in [0.4, 0.5) is 13.2 Å². The van der Waals surface area contributed by atoms with Crippen molar-refractivity contribution >= 4 is 21.8 Å². The third-order valence-corrected chi connectivity index (χ3v) is 4.10. The summed E-state index contributed by atoms with van der Waals surface area (Å²) in [6.45, 7) is 1.16. The molecular weight excluding hydrogens is 339 g/mol. The van der Waals surface area contributed by atoms with Gasteiger partial charge in [-0.1, -0.05) is 12.8 Å². The van der Waals surface area contributed by atoms with Crippen LogP contribution in [0.2, 0.25) is 0 Å². The van der Waals surface area contributed by atoms with Gasteiger partial charge in [-0.05, 0) is 28.8 Å². The first-order chi connectivity index (χ1) is 9.32. The lowest BCUT2D eigenvalue weighted by Gasteiger charge is -2.20. The van der Waals surface area contributed by atoms with Gasteiger partial charge < -0.3 is 4.90 Å². The summed E-state index contributed by atoms with van der Waals surface area (Å²) in [6, 6.07) is 0. The van der Waals surface area contributed by atoms with Gasteiger partial charge in [-0.2, -0.15) is 18.3 Å². The van der Waals surface area contributed by atoms with Gasteiger partial charge in [0, 0.05) is 20.1 Å². The van der Waals surface area contributed by atoms with Gasteiger partial charge in [-0.15, -0.1) is 0 Å². The van der Waals surface area contributed by atoms with Crippen LogP contribution in [0.15, 0.2) is 4.47 Å². The number of carbonyl (C=O) groups is 1. The Balaban J connectivity index is 2.32. The minimum absolute atomic E-state index is 0.0424. The van der Waals surface area contributed by atoms with Crippen molar-refractivity contribution in [3.05, 3.63) is 15.9 Å². The number of carbonyl (C=O) groups excluding carboxylic acids is 1. The highest BCUT2D eigenvalue weighted by molar-refractivity contribution is 9.10. The van der Waals surface area contributed by atoms with Gasteiger partial charge in [0.2, 0.25) is 0 Å². The molecule has 0 atom stereocenters. The van der Waals surface area contributed by atoms with Crippen molar-refractivity contribution in [2.75, 3.05) is 13.1 Å². The number of alkyl halides is 3. The van der Waals surface area contributed by atoms with Crippen molar-refractivity contribution < 1.29 is 18.0 Å². The molecule has 4 nitrogen and oxygen atoms in total. The highest BCUT2D eigenvalue weighted by Crippen LogP contribution is 2.36. The Morgan fingerprint density at radius 1 is 1.20 bits per heavy atom. The van der Waals surface area contributed by atoms with E-state index in [9.17, 15) is 18.0 Å². The molecule has 1 aliphatic heterocycles. The fourth-order valence-electron chi connectivity index (χ4n) is 2.34. The SMILES string of the molecule is Cn1nc(C(F)(F)F)c(Br)c1C(=O)N1CCCCCC1. The van der Waals surface area contributed by atoms with E-state index in [0.29, 0.717) is 13.1 Å². The lowest BCUT2D eigenvalue weighted by atomic mass is 10.2. The minimum Gasteiger partial charge on any atom is -0.337 e. The summed E-state index contributed by atoms with van der Waals surface area (Å²) in [4.78, 5) is 14.0. The number of rotatable bonds is 1. The van der Waals surface area contributed by atoms with Crippen molar-refractivity contribution in [1.82, 2.24) is 14.7 Å². The fraction of sp³-hybridized carbons (Fsp3) is 0.667. The van der Waals surface area contributed by atoms with Gasteiger partial charge in [-0.3, -0.25) is 9.48 Å². The van der Waals surface area contributed by atoms with Crippen LogP contribution in [0.1, 0.15) is 41.9 Å². The molecule has 112 valence electrons. The average molecular weight is 354 g/mol. The molecule has 0 spiro atoms. The molecule has 0 saturated carbocycles. The molecule has 0 aromatic carbocycles. The third-order valence-electron chi connectivity index (χ3n) is 3.35. The quantitative estimate of drug-likeness (QED) is 0.777. The first-order valence-corrected chi connectivity index (χ1v) is 7.20. The summed E-state index contributed by atoms with van der Waals surface area (Å²) in [6.07, 6.45) is -0.719. The van der Waals surface area contributed by atoms with Crippen molar-refractivity contribution in [3.8, 4) is 0 Å². The highest BCUT2D eigenvalue weighted by atomic mass is 79.9. The van der Waals surface area contributed by atoms with E-state index < -0.39 is 17.8 Å². The maximum absolute atomic E-state index is 12.8. The van der Waals surface area contributed by atoms with Crippen molar-refractivity contribution in [3.63, 3.8) is 0 Å². The van der Waals surface area contributed by atoms with E-state index in [-0.39, 0.29) is 10.2 Å². The number of amides is 1. The van der Waals surface area contributed by atoms with Crippen LogP contribution >= 0.6 is 15.9 Å². The van der Waals surface area contributed by atoms with Gasteiger partial charge in [0.25, 0.3) is 5.91 Å². The first-order valence-electron chi connectivity index (χ1n) is 6.41. The maximum Gasteiger partial charge on any atom is 0.436 e. The number of hydrogen-bond donors (Lipinski definition) is 0. The Morgan fingerprint density at radius 3 is 2.20 bits per heavy atom. The smallest absolute Gasteiger partial charge is 0.337 e. The molecule has 1 aromatic rings. The summed E-state index contributed by atoms with van der Waals surface area (Å²) < 4.78 is 39.1. The zero-order chi connectivity index (χ0) is 14.9. The van der Waals surface area contributed by atoms with E-state index in [1.54, 1.807) is 4.90 Å². The maximum atomic E-state index is 12.8. The van der Waals surface area contributed by atoms with Crippen molar-refractivity contribution in [2.45, 2.75) is 31.9 Å². The largest absolute Gasteiger partial charge is 0.436 e. The molecule has 1 amide bonds.